The molecule has 0 aromatic heterocycles. The molecule has 2 amide bonds. The highest BCUT2D eigenvalue weighted by atomic mass is 32.2. The molecule has 0 aliphatic carbocycles. The fourth-order valence-electron chi connectivity index (χ4n) is 2.72. The Balaban J connectivity index is 1.58. The predicted molar refractivity (Wildman–Crippen MR) is 105 cm³/mol. The first-order chi connectivity index (χ1) is 12.6. The normalized spacial score (nSPS) is 21.5. The van der Waals surface area contributed by atoms with E-state index in [0.717, 1.165) is 30.8 Å². The second kappa shape index (κ2) is 8.66. The summed E-state index contributed by atoms with van der Waals surface area (Å²) in [4.78, 5) is 26.5. The zero-order valence-corrected chi connectivity index (χ0v) is 16.0. The quantitative estimate of drug-likeness (QED) is 0.591. The number of methoxy groups -OCH3 is 1. The van der Waals surface area contributed by atoms with E-state index in [1.807, 2.05) is 24.3 Å². The van der Waals surface area contributed by atoms with Crippen LogP contribution in [0.25, 0.3) is 6.08 Å². The molecule has 0 radical (unpaired) electrons. The van der Waals surface area contributed by atoms with Gasteiger partial charge in [-0.15, -0.1) is 0 Å². The lowest BCUT2D eigenvalue weighted by Gasteiger charge is -2.15. The first-order valence-corrected chi connectivity index (χ1v) is 9.57. The molecular formula is C18H20N2O4S2. The summed E-state index contributed by atoms with van der Waals surface area (Å²) < 4.78 is 11.0. The Morgan fingerprint density at radius 3 is 2.88 bits per heavy atom. The van der Waals surface area contributed by atoms with Gasteiger partial charge in [0, 0.05) is 13.2 Å². The van der Waals surface area contributed by atoms with Gasteiger partial charge in [-0.05, 0) is 36.6 Å². The standard InChI is InChI=1S/C18H20N2O4S2/c1-23-13-6-4-12(5-7-13)9-15-17(22)20(18(25)26-15)11-16(21)19-10-14-3-2-8-24-14/h4-7,9,14H,2-3,8,10-11H2,1H3,(H,19,21)/b15-9+/t14-/m0/s1. The van der Waals surface area contributed by atoms with Crippen LogP contribution in [-0.2, 0) is 14.3 Å². The Bertz CT molecular complexity index is 727. The average Bonchev–Trinajstić information content (AvgIpc) is 3.25. The maximum Gasteiger partial charge on any atom is 0.266 e. The molecule has 2 saturated heterocycles. The lowest BCUT2D eigenvalue weighted by molar-refractivity contribution is -0.129. The number of ether oxygens (including phenoxy) is 2. The minimum Gasteiger partial charge on any atom is -0.497 e. The van der Waals surface area contributed by atoms with Crippen LogP contribution in [0.2, 0.25) is 0 Å². The molecule has 1 N–H and O–H groups in total. The smallest absolute Gasteiger partial charge is 0.266 e. The fraction of sp³-hybridized carbons (Fsp3) is 0.389. The molecule has 0 saturated carbocycles. The van der Waals surface area contributed by atoms with Crippen LogP contribution in [0.3, 0.4) is 0 Å². The van der Waals surface area contributed by atoms with Crippen molar-refractivity contribution in [3.05, 3.63) is 34.7 Å². The molecule has 0 spiro atoms. The average molecular weight is 393 g/mol. The monoisotopic (exact) mass is 392 g/mol. The van der Waals surface area contributed by atoms with Gasteiger partial charge in [0.1, 0.15) is 16.6 Å². The zero-order chi connectivity index (χ0) is 18.5. The number of rotatable bonds is 6. The summed E-state index contributed by atoms with van der Waals surface area (Å²) in [6.07, 6.45) is 3.81. The van der Waals surface area contributed by atoms with E-state index in [1.165, 1.54) is 16.7 Å². The molecule has 8 heteroatoms. The first kappa shape index (κ1) is 18.9. The van der Waals surface area contributed by atoms with Crippen molar-refractivity contribution in [3.8, 4) is 5.75 Å². The van der Waals surface area contributed by atoms with E-state index < -0.39 is 0 Å². The molecule has 2 fully saturated rings. The number of carbonyl (C=O) groups is 2. The minimum absolute atomic E-state index is 0.0695. The van der Waals surface area contributed by atoms with Gasteiger partial charge in [0.25, 0.3) is 5.91 Å². The molecule has 2 aliphatic rings. The van der Waals surface area contributed by atoms with Crippen molar-refractivity contribution in [2.75, 3.05) is 26.8 Å². The maximum absolute atomic E-state index is 12.6. The SMILES string of the molecule is COc1ccc(/C=C2/SC(=S)N(CC(=O)NC[C@@H]3CCCO3)C2=O)cc1. The van der Waals surface area contributed by atoms with Gasteiger partial charge in [-0.3, -0.25) is 14.5 Å². The van der Waals surface area contributed by atoms with Crippen LogP contribution in [0.15, 0.2) is 29.2 Å². The van der Waals surface area contributed by atoms with Gasteiger partial charge in [-0.25, -0.2) is 0 Å². The molecule has 26 heavy (non-hydrogen) atoms. The second-order valence-corrected chi connectivity index (χ2v) is 7.66. The summed E-state index contributed by atoms with van der Waals surface area (Å²) in [6, 6.07) is 7.37. The third kappa shape index (κ3) is 4.63. The number of benzene rings is 1. The number of thiocarbonyl (C=S) groups is 1. The highest BCUT2D eigenvalue weighted by Gasteiger charge is 2.33. The van der Waals surface area contributed by atoms with E-state index >= 15 is 0 Å². The van der Waals surface area contributed by atoms with Gasteiger partial charge in [0.05, 0.1) is 18.1 Å². The molecule has 0 unspecified atom stereocenters. The Morgan fingerprint density at radius 1 is 1.46 bits per heavy atom. The van der Waals surface area contributed by atoms with Crippen molar-refractivity contribution in [2.24, 2.45) is 0 Å². The third-order valence-electron chi connectivity index (χ3n) is 4.14. The summed E-state index contributed by atoms with van der Waals surface area (Å²) in [5.41, 5.74) is 0.870. The van der Waals surface area contributed by atoms with Crippen LogP contribution in [0, 0.1) is 0 Å². The van der Waals surface area contributed by atoms with E-state index in [4.69, 9.17) is 21.7 Å². The van der Waals surface area contributed by atoms with Gasteiger partial charge in [0.15, 0.2) is 0 Å². The van der Waals surface area contributed by atoms with Crippen molar-refractivity contribution in [3.63, 3.8) is 0 Å². The second-order valence-electron chi connectivity index (χ2n) is 5.98. The molecule has 138 valence electrons. The molecule has 3 rings (SSSR count). The number of nitrogens with one attached hydrogen (secondary N) is 1. The molecule has 2 heterocycles. The van der Waals surface area contributed by atoms with Crippen molar-refractivity contribution >= 4 is 46.2 Å². The molecule has 1 aromatic rings. The Kier molecular flexibility index (Phi) is 6.29. The summed E-state index contributed by atoms with van der Waals surface area (Å²) in [5, 5.41) is 2.81. The van der Waals surface area contributed by atoms with Crippen LogP contribution >= 0.6 is 24.0 Å². The predicted octanol–water partition coefficient (Wildman–Crippen LogP) is 2.19. The van der Waals surface area contributed by atoms with Crippen LogP contribution in [0.5, 0.6) is 5.75 Å². The van der Waals surface area contributed by atoms with Gasteiger partial charge >= 0.3 is 0 Å². The maximum atomic E-state index is 12.6. The van der Waals surface area contributed by atoms with Crippen molar-refractivity contribution < 1.29 is 19.1 Å². The third-order valence-corrected chi connectivity index (χ3v) is 5.52. The summed E-state index contributed by atoms with van der Waals surface area (Å²) in [6.45, 7) is 1.14. The van der Waals surface area contributed by atoms with Crippen LogP contribution < -0.4 is 10.1 Å². The molecule has 1 atom stereocenters. The first-order valence-electron chi connectivity index (χ1n) is 8.34. The number of hydrogen-bond donors (Lipinski definition) is 1. The van der Waals surface area contributed by atoms with Gasteiger partial charge < -0.3 is 14.8 Å². The lowest BCUT2D eigenvalue weighted by atomic mass is 10.2. The fourth-order valence-corrected chi connectivity index (χ4v) is 3.98. The number of hydrogen-bond acceptors (Lipinski definition) is 6. The van der Waals surface area contributed by atoms with Gasteiger partial charge in [-0.1, -0.05) is 36.1 Å². The largest absolute Gasteiger partial charge is 0.497 e. The van der Waals surface area contributed by atoms with Crippen molar-refractivity contribution in [1.82, 2.24) is 10.2 Å². The highest BCUT2D eigenvalue weighted by molar-refractivity contribution is 8.26. The number of amides is 2. The Hall–Kier alpha value is -1.90. The minimum atomic E-state index is -0.247. The summed E-state index contributed by atoms with van der Waals surface area (Å²) in [5.74, 6) is 0.267. The Labute approximate surface area is 161 Å². The zero-order valence-electron chi connectivity index (χ0n) is 14.4. The molecule has 2 aliphatic heterocycles. The van der Waals surface area contributed by atoms with Crippen molar-refractivity contribution in [2.45, 2.75) is 18.9 Å². The van der Waals surface area contributed by atoms with E-state index in [9.17, 15) is 9.59 Å². The molecule has 6 nitrogen and oxygen atoms in total. The van der Waals surface area contributed by atoms with Crippen LogP contribution in [0.1, 0.15) is 18.4 Å². The number of carbonyl (C=O) groups excluding carboxylic acids is 2. The number of nitrogens with zero attached hydrogens (tertiary/aromatic N) is 1. The Morgan fingerprint density at radius 2 is 2.23 bits per heavy atom. The molecule has 0 bridgehead atoms. The molecule has 1 aromatic carbocycles. The van der Waals surface area contributed by atoms with Crippen molar-refractivity contribution in [1.29, 1.82) is 0 Å². The van der Waals surface area contributed by atoms with E-state index in [1.54, 1.807) is 13.2 Å². The molecular weight excluding hydrogens is 372 g/mol. The number of thioether (sulfide) groups is 1. The summed E-state index contributed by atoms with van der Waals surface area (Å²) >= 11 is 6.47. The van der Waals surface area contributed by atoms with E-state index in [0.29, 0.717) is 15.8 Å². The summed E-state index contributed by atoms with van der Waals surface area (Å²) in [7, 11) is 1.60. The van der Waals surface area contributed by atoms with Gasteiger partial charge in [-0.2, -0.15) is 0 Å². The topological polar surface area (TPSA) is 67.9 Å². The lowest BCUT2D eigenvalue weighted by Crippen LogP contribution is -2.41. The van der Waals surface area contributed by atoms with Crippen LogP contribution in [-0.4, -0.2) is 53.9 Å². The van der Waals surface area contributed by atoms with Crippen LogP contribution in [0.4, 0.5) is 0 Å². The highest BCUT2D eigenvalue weighted by Crippen LogP contribution is 2.32. The van der Waals surface area contributed by atoms with E-state index in [-0.39, 0.29) is 24.5 Å². The van der Waals surface area contributed by atoms with Gasteiger partial charge in [0.2, 0.25) is 5.91 Å². The van der Waals surface area contributed by atoms with E-state index in [2.05, 4.69) is 5.32 Å².